The van der Waals surface area contributed by atoms with Crippen molar-refractivity contribution in [3.63, 3.8) is 0 Å². The molecule has 2 rings (SSSR count). The molecule has 1 aromatic carbocycles. The third kappa shape index (κ3) is 2.17. The van der Waals surface area contributed by atoms with Crippen molar-refractivity contribution in [2.45, 2.75) is 0 Å². The molecule has 0 atom stereocenters. The van der Waals surface area contributed by atoms with Crippen LogP contribution in [0, 0.1) is 0 Å². The summed E-state index contributed by atoms with van der Waals surface area (Å²) in [5, 5.41) is 0.595. The fourth-order valence-electron chi connectivity index (χ4n) is 1.28. The average Bonchev–Trinajstić information content (AvgIpc) is 2.29. The fraction of sp³-hybridized carbons (Fsp3) is 0. The Hall–Kier alpha value is -1.94. The summed E-state index contributed by atoms with van der Waals surface area (Å²) < 4.78 is 0. The second-order valence-corrected chi connectivity index (χ2v) is 3.58. The number of nitrogens with zero attached hydrogens (tertiary/aromatic N) is 1. The zero-order chi connectivity index (χ0) is 11.5. The molecule has 0 fully saturated rings. The molecule has 2 aromatic rings. The van der Waals surface area contributed by atoms with E-state index in [0.29, 0.717) is 22.7 Å². The first-order valence-electron chi connectivity index (χ1n) is 4.51. The molecule has 80 valence electrons. The van der Waals surface area contributed by atoms with E-state index >= 15 is 0 Å². The molecule has 0 spiro atoms. The van der Waals surface area contributed by atoms with Crippen molar-refractivity contribution in [2.75, 3.05) is 0 Å². The van der Waals surface area contributed by atoms with E-state index in [4.69, 9.17) is 11.6 Å². The topological polar surface area (TPSA) is 62.8 Å². The number of aromatic nitrogens is 2. The standard InChI is InChI=1S/C11H7ClN2O2/c12-8-3-1-7(2-4-8)11-13-9(6-15)5-10(16)14-11/h1-6H,(H,13,14,16). The van der Waals surface area contributed by atoms with Crippen LogP contribution in [0.2, 0.25) is 5.02 Å². The Morgan fingerprint density at radius 1 is 1.25 bits per heavy atom. The zero-order valence-electron chi connectivity index (χ0n) is 8.11. The number of hydrogen-bond acceptors (Lipinski definition) is 3. The molecule has 5 heteroatoms. The van der Waals surface area contributed by atoms with Crippen molar-refractivity contribution in [3.05, 3.63) is 51.4 Å². The Bertz CT molecular complexity index is 575. The van der Waals surface area contributed by atoms with Crippen LogP contribution in [0.1, 0.15) is 10.5 Å². The van der Waals surface area contributed by atoms with E-state index in [-0.39, 0.29) is 11.3 Å². The molecule has 16 heavy (non-hydrogen) atoms. The third-order valence-electron chi connectivity index (χ3n) is 2.00. The first kappa shape index (κ1) is 10.6. The molecule has 0 bridgehead atoms. The number of H-pyrrole nitrogens is 1. The van der Waals surface area contributed by atoms with Gasteiger partial charge in [0.1, 0.15) is 11.5 Å². The third-order valence-corrected chi connectivity index (χ3v) is 2.25. The predicted octanol–water partition coefficient (Wildman–Crippen LogP) is 1.90. The Balaban J connectivity index is 2.55. The van der Waals surface area contributed by atoms with Crippen LogP contribution < -0.4 is 5.56 Å². The Morgan fingerprint density at radius 3 is 2.56 bits per heavy atom. The van der Waals surface area contributed by atoms with Crippen LogP contribution in [0.25, 0.3) is 11.4 Å². The molecule has 0 aliphatic heterocycles. The maximum absolute atomic E-state index is 11.2. The van der Waals surface area contributed by atoms with Crippen LogP contribution in [0.15, 0.2) is 35.1 Å². The van der Waals surface area contributed by atoms with Crippen LogP contribution >= 0.6 is 11.6 Å². The van der Waals surface area contributed by atoms with Gasteiger partial charge in [-0.1, -0.05) is 11.6 Å². The summed E-state index contributed by atoms with van der Waals surface area (Å²) in [5.41, 5.74) is 0.445. The normalized spacial score (nSPS) is 10.1. The molecule has 0 saturated heterocycles. The SMILES string of the molecule is O=Cc1cc(=O)[nH]c(-c2ccc(Cl)cc2)n1. The highest BCUT2D eigenvalue weighted by atomic mass is 35.5. The highest BCUT2D eigenvalue weighted by Gasteiger charge is 2.03. The molecule has 0 aliphatic rings. The minimum Gasteiger partial charge on any atom is -0.306 e. The van der Waals surface area contributed by atoms with Gasteiger partial charge >= 0.3 is 0 Å². The predicted molar refractivity (Wildman–Crippen MR) is 60.7 cm³/mol. The zero-order valence-corrected chi connectivity index (χ0v) is 8.86. The van der Waals surface area contributed by atoms with Crippen molar-refractivity contribution in [1.82, 2.24) is 9.97 Å². The number of benzene rings is 1. The smallest absolute Gasteiger partial charge is 0.251 e. The van der Waals surface area contributed by atoms with E-state index < -0.39 is 0 Å². The van der Waals surface area contributed by atoms with Gasteiger partial charge < -0.3 is 4.98 Å². The van der Waals surface area contributed by atoms with Crippen molar-refractivity contribution in [2.24, 2.45) is 0 Å². The number of carbonyl (C=O) groups is 1. The maximum atomic E-state index is 11.2. The van der Waals surface area contributed by atoms with E-state index in [2.05, 4.69) is 9.97 Å². The first-order valence-corrected chi connectivity index (χ1v) is 4.89. The quantitative estimate of drug-likeness (QED) is 0.808. The maximum Gasteiger partial charge on any atom is 0.251 e. The minimum atomic E-state index is -0.359. The molecule has 4 nitrogen and oxygen atoms in total. The Labute approximate surface area is 95.9 Å². The van der Waals surface area contributed by atoms with Gasteiger partial charge in [0.25, 0.3) is 5.56 Å². The summed E-state index contributed by atoms with van der Waals surface area (Å²) in [7, 11) is 0. The molecule has 1 heterocycles. The highest BCUT2D eigenvalue weighted by molar-refractivity contribution is 6.30. The Kier molecular flexibility index (Phi) is 2.83. The lowest BCUT2D eigenvalue weighted by Gasteiger charge is -2.00. The first-order chi connectivity index (χ1) is 7.69. The van der Waals surface area contributed by atoms with Gasteiger partial charge in [0.15, 0.2) is 6.29 Å². The lowest BCUT2D eigenvalue weighted by Crippen LogP contribution is -2.09. The second kappa shape index (κ2) is 4.28. The number of nitrogens with one attached hydrogen (secondary N) is 1. The average molecular weight is 235 g/mol. The molecular weight excluding hydrogens is 228 g/mol. The number of carbonyl (C=O) groups excluding carboxylic acids is 1. The summed E-state index contributed by atoms with van der Waals surface area (Å²) >= 11 is 5.74. The molecule has 0 unspecified atom stereocenters. The molecule has 0 amide bonds. The van der Waals surface area contributed by atoms with E-state index in [1.807, 2.05) is 0 Å². The molecule has 0 aliphatic carbocycles. The Morgan fingerprint density at radius 2 is 1.94 bits per heavy atom. The number of halogens is 1. The van der Waals surface area contributed by atoms with Crippen molar-refractivity contribution < 1.29 is 4.79 Å². The largest absolute Gasteiger partial charge is 0.306 e. The van der Waals surface area contributed by atoms with E-state index in [1.165, 1.54) is 0 Å². The van der Waals surface area contributed by atoms with Gasteiger partial charge in [-0.05, 0) is 24.3 Å². The van der Waals surface area contributed by atoms with Crippen molar-refractivity contribution in [1.29, 1.82) is 0 Å². The van der Waals surface area contributed by atoms with Crippen LogP contribution in [-0.4, -0.2) is 16.3 Å². The van der Waals surface area contributed by atoms with Crippen LogP contribution in [0.5, 0.6) is 0 Å². The summed E-state index contributed by atoms with van der Waals surface area (Å²) in [6, 6.07) is 7.95. The minimum absolute atomic E-state index is 0.105. The van der Waals surface area contributed by atoms with Crippen molar-refractivity contribution in [3.8, 4) is 11.4 Å². The monoisotopic (exact) mass is 234 g/mol. The highest BCUT2D eigenvalue weighted by Crippen LogP contribution is 2.16. The van der Waals surface area contributed by atoms with Crippen molar-refractivity contribution >= 4 is 17.9 Å². The molecule has 0 radical (unpaired) electrons. The lowest BCUT2D eigenvalue weighted by atomic mass is 10.2. The molecule has 1 N–H and O–H groups in total. The van der Waals surface area contributed by atoms with Gasteiger partial charge in [0.05, 0.1) is 0 Å². The van der Waals surface area contributed by atoms with Crippen LogP contribution in [0.3, 0.4) is 0 Å². The van der Waals surface area contributed by atoms with Crippen LogP contribution in [-0.2, 0) is 0 Å². The van der Waals surface area contributed by atoms with Gasteiger partial charge in [0.2, 0.25) is 0 Å². The molecular formula is C11H7ClN2O2. The van der Waals surface area contributed by atoms with Gasteiger partial charge in [-0.2, -0.15) is 0 Å². The van der Waals surface area contributed by atoms with E-state index in [9.17, 15) is 9.59 Å². The molecule has 1 aromatic heterocycles. The summed E-state index contributed by atoms with van der Waals surface area (Å²) in [6.07, 6.45) is 0.536. The fourth-order valence-corrected chi connectivity index (χ4v) is 1.41. The van der Waals surface area contributed by atoms with Gasteiger partial charge in [-0.3, -0.25) is 9.59 Å². The van der Waals surface area contributed by atoms with E-state index in [0.717, 1.165) is 6.07 Å². The van der Waals surface area contributed by atoms with Gasteiger partial charge in [-0.15, -0.1) is 0 Å². The second-order valence-electron chi connectivity index (χ2n) is 3.14. The summed E-state index contributed by atoms with van der Waals surface area (Å²) in [5.74, 6) is 0.353. The van der Waals surface area contributed by atoms with Crippen LogP contribution in [0.4, 0.5) is 0 Å². The number of aldehydes is 1. The summed E-state index contributed by atoms with van der Waals surface area (Å²) in [4.78, 5) is 28.3. The van der Waals surface area contributed by atoms with Gasteiger partial charge in [0, 0.05) is 16.7 Å². The number of rotatable bonds is 2. The lowest BCUT2D eigenvalue weighted by molar-refractivity contribution is 0.111. The molecule has 0 saturated carbocycles. The number of aromatic amines is 1. The van der Waals surface area contributed by atoms with E-state index in [1.54, 1.807) is 24.3 Å². The number of hydrogen-bond donors (Lipinski definition) is 1. The summed E-state index contributed by atoms with van der Waals surface area (Å²) in [6.45, 7) is 0. The van der Waals surface area contributed by atoms with Gasteiger partial charge in [-0.25, -0.2) is 4.98 Å².